The summed E-state index contributed by atoms with van der Waals surface area (Å²) in [6.45, 7) is 1.52. The number of aromatic amines is 1. The van der Waals surface area contributed by atoms with E-state index in [-0.39, 0.29) is 42.0 Å². The average Bonchev–Trinajstić information content (AvgIpc) is 3.39. The second-order valence-electron chi connectivity index (χ2n) is 8.71. The van der Waals surface area contributed by atoms with Crippen LogP contribution in [0.1, 0.15) is 46.4 Å². The summed E-state index contributed by atoms with van der Waals surface area (Å²) in [7, 11) is 1.57. The molecule has 1 aliphatic rings. The number of carbonyl (C=O) groups is 1. The second kappa shape index (κ2) is 8.64. The van der Waals surface area contributed by atoms with Crippen molar-refractivity contribution in [2.45, 2.75) is 32.0 Å². The third kappa shape index (κ3) is 3.88. The van der Waals surface area contributed by atoms with E-state index in [0.717, 1.165) is 21.4 Å². The normalized spacial score (nSPS) is 15.2. The van der Waals surface area contributed by atoms with Gasteiger partial charge in [-0.1, -0.05) is 12.1 Å². The fraction of sp³-hybridized carbons (Fsp3) is 0.280. The maximum Gasteiger partial charge on any atom is 0.416 e. The molecule has 4 aromatic rings. The Morgan fingerprint density at radius 2 is 1.92 bits per heavy atom. The summed E-state index contributed by atoms with van der Waals surface area (Å²) in [5.41, 5.74) is -2.01. The van der Waals surface area contributed by atoms with E-state index in [2.05, 4.69) is 4.98 Å². The van der Waals surface area contributed by atoms with Gasteiger partial charge in [-0.2, -0.15) is 13.2 Å². The molecule has 0 fully saturated rings. The molecule has 1 N–H and O–H groups in total. The van der Waals surface area contributed by atoms with Gasteiger partial charge in [-0.25, -0.2) is 14.4 Å². The highest BCUT2D eigenvalue weighted by molar-refractivity contribution is 5.88. The fourth-order valence-corrected chi connectivity index (χ4v) is 4.92. The molecule has 5 rings (SSSR count). The highest BCUT2D eigenvalue weighted by Gasteiger charge is 2.38. The van der Waals surface area contributed by atoms with Gasteiger partial charge in [0.1, 0.15) is 5.56 Å². The molecule has 0 aliphatic heterocycles. The third-order valence-electron chi connectivity index (χ3n) is 6.64. The van der Waals surface area contributed by atoms with Crippen molar-refractivity contribution < 1.29 is 22.7 Å². The van der Waals surface area contributed by atoms with E-state index in [9.17, 15) is 32.3 Å². The van der Waals surface area contributed by atoms with Gasteiger partial charge in [0.05, 0.1) is 34.9 Å². The highest BCUT2D eigenvalue weighted by Crippen LogP contribution is 2.41. The Morgan fingerprint density at radius 3 is 2.62 bits per heavy atom. The summed E-state index contributed by atoms with van der Waals surface area (Å²) in [5.74, 6) is -0.966. The Hall–Kier alpha value is -4.35. The van der Waals surface area contributed by atoms with E-state index in [0.29, 0.717) is 11.0 Å². The highest BCUT2D eigenvalue weighted by atomic mass is 19.4. The molecule has 1 atom stereocenters. The molecule has 1 unspecified atom stereocenters. The van der Waals surface area contributed by atoms with Crippen LogP contribution in [0.2, 0.25) is 0 Å². The Kier molecular flexibility index (Phi) is 5.69. The number of benzene rings is 2. The summed E-state index contributed by atoms with van der Waals surface area (Å²) in [6, 6.07) is 7.27. The number of alkyl halides is 3. The number of carbonyl (C=O) groups excluding carboxylic acids is 1. The SMILES string of the molecule is CCOC(=O)c1cn(-c2ccc3c(c2)[nH]c(=O)n3C)c(=O)n(C2CCc3c2cccc3C(F)(F)F)c1=O. The number of halogens is 3. The van der Waals surface area contributed by atoms with Crippen LogP contribution >= 0.6 is 0 Å². The Morgan fingerprint density at radius 1 is 1.16 bits per heavy atom. The number of nitrogens with zero attached hydrogens (tertiary/aromatic N) is 3. The van der Waals surface area contributed by atoms with Crippen LogP contribution in [-0.4, -0.2) is 31.3 Å². The maximum atomic E-state index is 13.7. The summed E-state index contributed by atoms with van der Waals surface area (Å²) < 4.78 is 49.1. The lowest BCUT2D eigenvalue weighted by molar-refractivity contribution is -0.138. The number of fused-ring (bicyclic) bond motifs is 2. The molecule has 0 saturated heterocycles. The minimum Gasteiger partial charge on any atom is -0.462 e. The lowest BCUT2D eigenvalue weighted by Crippen LogP contribution is -2.44. The van der Waals surface area contributed by atoms with Crippen LogP contribution in [0.5, 0.6) is 0 Å². The molecule has 0 saturated carbocycles. The first-order chi connectivity index (χ1) is 17.5. The van der Waals surface area contributed by atoms with Crippen LogP contribution in [0.3, 0.4) is 0 Å². The van der Waals surface area contributed by atoms with E-state index in [1.165, 1.54) is 28.8 Å². The molecule has 0 spiro atoms. The van der Waals surface area contributed by atoms with Gasteiger partial charge in [0.15, 0.2) is 0 Å². The summed E-state index contributed by atoms with van der Waals surface area (Å²) in [4.78, 5) is 54.4. The molecule has 0 amide bonds. The van der Waals surface area contributed by atoms with Crippen LogP contribution in [0, 0.1) is 0 Å². The Balaban J connectivity index is 1.76. The minimum atomic E-state index is -4.60. The molecular weight excluding hydrogens is 493 g/mol. The number of esters is 1. The number of rotatable bonds is 4. The number of ether oxygens (including phenoxy) is 1. The van der Waals surface area contributed by atoms with Crippen molar-refractivity contribution in [2.24, 2.45) is 7.05 Å². The molecule has 12 heteroatoms. The largest absolute Gasteiger partial charge is 0.462 e. The van der Waals surface area contributed by atoms with Crippen molar-refractivity contribution in [1.29, 1.82) is 0 Å². The molecular formula is C25H21F3N4O5. The van der Waals surface area contributed by atoms with Crippen LogP contribution in [0.15, 0.2) is 57.0 Å². The van der Waals surface area contributed by atoms with E-state index < -0.39 is 40.6 Å². The zero-order valence-electron chi connectivity index (χ0n) is 19.8. The van der Waals surface area contributed by atoms with E-state index in [1.54, 1.807) is 20.0 Å². The van der Waals surface area contributed by atoms with Gasteiger partial charge in [0.25, 0.3) is 5.56 Å². The predicted molar refractivity (Wildman–Crippen MR) is 127 cm³/mol. The number of aryl methyl sites for hydroxylation is 1. The summed E-state index contributed by atoms with van der Waals surface area (Å²) >= 11 is 0. The average molecular weight is 514 g/mol. The lowest BCUT2D eigenvalue weighted by Gasteiger charge is -2.19. The second-order valence-corrected chi connectivity index (χ2v) is 8.71. The smallest absolute Gasteiger partial charge is 0.416 e. The summed E-state index contributed by atoms with van der Waals surface area (Å²) in [6.07, 6.45) is -3.47. The molecule has 1 aliphatic carbocycles. The standard InChI is InChI=1S/C25H21F3N4O5/c1-3-37-22(34)16-12-31(13-7-9-20-18(11-13)29-23(35)30(20)2)24(36)32(21(16)33)19-10-8-14-15(19)5-4-6-17(14)25(26,27)28/h4-7,9,11-12,19H,3,8,10H2,1-2H3,(H,29,35). The third-order valence-corrected chi connectivity index (χ3v) is 6.64. The first kappa shape index (κ1) is 24.3. The Labute approximate surface area is 206 Å². The quantitative estimate of drug-likeness (QED) is 0.422. The zero-order valence-corrected chi connectivity index (χ0v) is 19.8. The lowest BCUT2D eigenvalue weighted by atomic mass is 10.0. The number of hydrogen-bond acceptors (Lipinski definition) is 5. The summed E-state index contributed by atoms with van der Waals surface area (Å²) in [5, 5.41) is 0. The zero-order chi connectivity index (χ0) is 26.6. The van der Waals surface area contributed by atoms with Crippen molar-refractivity contribution in [3.8, 4) is 5.69 Å². The molecule has 0 radical (unpaired) electrons. The fourth-order valence-electron chi connectivity index (χ4n) is 4.92. The van der Waals surface area contributed by atoms with Gasteiger partial charge >= 0.3 is 23.5 Å². The molecule has 2 aromatic carbocycles. The molecule has 192 valence electrons. The number of imidazole rings is 1. The van der Waals surface area contributed by atoms with Gasteiger partial charge in [0.2, 0.25) is 0 Å². The monoisotopic (exact) mass is 514 g/mol. The molecule has 2 heterocycles. The van der Waals surface area contributed by atoms with Crippen molar-refractivity contribution in [2.75, 3.05) is 6.61 Å². The van der Waals surface area contributed by atoms with E-state index in [4.69, 9.17) is 4.74 Å². The van der Waals surface area contributed by atoms with Crippen LogP contribution < -0.4 is 16.9 Å². The van der Waals surface area contributed by atoms with E-state index in [1.807, 2.05) is 0 Å². The van der Waals surface area contributed by atoms with Gasteiger partial charge < -0.3 is 9.72 Å². The number of nitrogens with one attached hydrogen (secondary N) is 1. The van der Waals surface area contributed by atoms with Gasteiger partial charge in [-0.15, -0.1) is 0 Å². The van der Waals surface area contributed by atoms with Crippen LogP contribution in [0.25, 0.3) is 16.7 Å². The van der Waals surface area contributed by atoms with Gasteiger partial charge in [-0.05, 0) is 55.2 Å². The predicted octanol–water partition coefficient (Wildman–Crippen LogP) is 2.91. The maximum absolute atomic E-state index is 13.7. The first-order valence-corrected chi connectivity index (χ1v) is 11.5. The molecule has 37 heavy (non-hydrogen) atoms. The topological polar surface area (TPSA) is 108 Å². The van der Waals surface area contributed by atoms with Crippen LogP contribution in [-0.2, 0) is 24.4 Å². The van der Waals surface area contributed by atoms with Gasteiger partial charge in [0, 0.05) is 13.2 Å². The van der Waals surface area contributed by atoms with Crippen molar-refractivity contribution in [3.63, 3.8) is 0 Å². The van der Waals surface area contributed by atoms with Gasteiger partial charge in [-0.3, -0.25) is 18.5 Å². The van der Waals surface area contributed by atoms with E-state index >= 15 is 0 Å². The Bertz CT molecular complexity index is 1740. The van der Waals surface area contributed by atoms with Crippen molar-refractivity contribution in [1.82, 2.24) is 18.7 Å². The van der Waals surface area contributed by atoms with Crippen molar-refractivity contribution >= 4 is 17.0 Å². The number of hydrogen-bond donors (Lipinski definition) is 1. The first-order valence-electron chi connectivity index (χ1n) is 11.5. The van der Waals surface area contributed by atoms with Crippen LogP contribution in [0.4, 0.5) is 13.2 Å². The molecule has 9 nitrogen and oxygen atoms in total. The molecule has 2 aromatic heterocycles. The minimum absolute atomic E-state index is 0.00239. The number of H-pyrrole nitrogens is 1. The molecule has 0 bridgehead atoms. The number of aromatic nitrogens is 4. The van der Waals surface area contributed by atoms with Crippen molar-refractivity contribution in [3.05, 3.63) is 96.2 Å².